The van der Waals surface area contributed by atoms with Crippen LogP contribution in [0.1, 0.15) is 29.8 Å². The molecule has 0 bridgehead atoms. The molecule has 0 fully saturated rings. The molecule has 0 aliphatic carbocycles. The Morgan fingerprint density at radius 2 is 2.08 bits per heavy atom. The van der Waals surface area contributed by atoms with E-state index in [1.165, 1.54) is 0 Å². The zero-order valence-electron chi connectivity index (χ0n) is 7.43. The summed E-state index contributed by atoms with van der Waals surface area (Å²) in [5, 5.41) is 0. The Bertz CT molecular complexity index is 383. The van der Waals surface area contributed by atoms with E-state index in [0.29, 0.717) is 5.56 Å². The van der Waals surface area contributed by atoms with Crippen molar-refractivity contribution in [3.05, 3.63) is 32.9 Å². The highest BCUT2D eigenvalue weighted by Crippen LogP contribution is 2.36. The predicted molar refractivity (Wildman–Crippen MR) is 57.6 cm³/mol. The molecule has 1 aromatic rings. The Balaban J connectivity index is 2.66. The van der Waals surface area contributed by atoms with Gasteiger partial charge in [0.1, 0.15) is 5.60 Å². The second kappa shape index (κ2) is 2.70. The number of carbonyl (C=O) groups is 1. The molecule has 0 N–H and O–H groups in total. The summed E-state index contributed by atoms with van der Waals surface area (Å²) in [7, 11) is 0. The average molecular weight is 288 g/mol. The summed E-state index contributed by atoms with van der Waals surface area (Å²) < 4.78 is 6.29. The summed E-state index contributed by atoms with van der Waals surface area (Å²) in [6, 6.07) is 5.82. The van der Waals surface area contributed by atoms with Gasteiger partial charge in [-0.3, -0.25) is 0 Å². The summed E-state index contributed by atoms with van der Waals surface area (Å²) >= 11 is 2.19. The summed E-state index contributed by atoms with van der Waals surface area (Å²) in [6.45, 7) is 3.81. The van der Waals surface area contributed by atoms with Crippen LogP contribution in [0, 0.1) is 3.57 Å². The van der Waals surface area contributed by atoms with Gasteiger partial charge in [0.25, 0.3) is 0 Å². The van der Waals surface area contributed by atoms with Gasteiger partial charge in [-0.15, -0.1) is 0 Å². The van der Waals surface area contributed by atoms with E-state index in [-0.39, 0.29) is 5.97 Å². The van der Waals surface area contributed by atoms with Crippen molar-refractivity contribution in [3.63, 3.8) is 0 Å². The zero-order chi connectivity index (χ0) is 9.64. The van der Waals surface area contributed by atoms with Crippen LogP contribution < -0.4 is 0 Å². The zero-order valence-corrected chi connectivity index (χ0v) is 9.58. The second-order valence-corrected chi connectivity index (χ2v) is 4.84. The molecule has 1 aliphatic heterocycles. The molecule has 0 spiro atoms. The van der Waals surface area contributed by atoms with E-state index in [0.717, 1.165) is 9.13 Å². The van der Waals surface area contributed by atoms with Gasteiger partial charge in [-0.1, -0.05) is 6.07 Å². The number of carbonyl (C=O) groups excluding carboxylic acids is 1. The molecule has 1 aliphatic rings. The Kier molecular flexibility index (Phi) is 1.87. The fraction of sp³-hybridized carbons (Fsp3) is 0.300. The molecule has 13 heavy (non-hydrogen) atoms. The maximum atomic E-state index is 11.4. The Hall–Kier alpha value is -0.580. The minimum absolute atomic E-state index is 0.210. The van der Waals surface area contributed by atoms with Gasteiger partial charge in [-0.25, -0.2) is 4.79 Å². The lowest BCUT2D eigenvalue weighted by Crippen LogP contribution is -2.15. The molecule has 0 saturated heterocycles. The van der Waals surface area contributed by atoms with Gasteiger partial charge in [-0.2, -0.15) is 0 Å². The number of esters is 1. The molecule has 0 radical (unpaired) electrons. The van der Waals surface area contributed by atoms with Gasteiger partial charge >= 0.3 is 5.97 Å². The summed E-state index contributed by atoms with van der Waals surface area (Å²) in [6.07, 6.45) is 0. The maximum absolute atomic E-state index is 11.4. The van der Waals surface area contributed by atoms with Crippen molar-refractivity contribution in [1.82, 2.24) is 0 Å². The molecule has 0 amide bonds. The SMILES string of the molecule is CC1(C)OC(=O)c2cc(I)ccc21. The molecule has 0 saturated carbocycles. The molecule has 3 heteroatoms. The molecule has 2 rings (SSSR count). The lowest BCUT2D eigenvalue weighted by atomic mass is 9.96. The number of halogens is 1. The highest BCUT2D eigenvalue weighted by molar-refractivity contribution is 14.1. The van der Waals surface area contributed by atoms with Crippen LogP contribution >= 0.6 is 22.6 Å². The minimum Gasteiger partial charge on any atom is -0.451 e. The van der Waals surface area contributed by atoms with E-state index >= 15 is 0 Å². The first-order valence-electron chi connectivity index (χ1n) is 4.04. The van der Waals surface area contributed by atoms with Gasteiger partial charge in [-0.05, 0) is 48.6 Å². The highest BCUT2D eigenvalue weighted by Gasteiger charge is 2.37. The molecule has 68 valence electrons. The first-order chi connectivity index (χ1) is 6.00. The fourth-order valence-corrected chi connectivity index (χ4v) is 2.04. The van der Waals surface area contributed by atoms with Crippen molar-refractivity contribution in [2.24, 2.45) is 0 Å². The molecular formula is C10H9IO2. The van der Waals surface area contributed by atoms with Crippen LogP contribution in [-0.2, 0) is 10.3 Å². The van der Waals surface area contributed by atoms with Gasteiger partial charge in [0.15, 0.2) is 0 Å². The Morgan fingerprint density at radius 1 is 1.38 bits per heavy atom. The largest absolute Gasteiger partial charge is 0.451 e. The van der Waals surface area contributed by atoms with Crippen LogP contribution in [0.4, 0.5) is 0 Å². The van der Waals surface area contributed by atoms with Crippen molar-refractivity contribution in [2.45, 2.75) is 19.4 Å². The van der Waals surface area contributed by atoms with Crippen LogP contribution in [-0.4, -0.2) is 5.97 Å². The lowest BCUT2D eigenvalue weighted by molar-refractivity contribution is 0.00954. The Morgan fingerprint density at radius 3 is 2.77 bits per heavy atom. The first kappa shape index (κ1) is 8.99. The number of cyclic esters (lactones) is 1. The Labute approximate surface area is 90.4 Å². The maximum Gasteiger partial charge on any atom is 0.339 e. The van der Waals surface area contributed by atoms with Crippen LogP contribution in [0.2, 0.25) is 0 Å². The second-order valence-electron chi connectivity index (χ2n) is 3.59. The topological polar surface area (TPSA) is 26.3 Å². The number of fused-ring (bicyclic) bond motifs is 1. The van der Waals surface area contributed by atoms with Crippen molar-refractivity contribution in [3.8, 4) is 0 Å². The van der Waals surface area contributed by atoms with Crippen LogP contribution in [0.5, 0.6) is 0 Å². The van der Waals surface area contributed by atoms with Gasteiger partial charge in [0, 0.05) is 9.13 Å². The molecule has 1 aromatic carbocycles. The number of hydrogen-bond donors (Lipinski definition) is 0. The van der Waals surface area contributed by atoms with Gasteiger partial charge < -0.3 is 4.74 Å². The molecule has 0 aromatic heterocycles. The van der Waals surface area contributed by atoms with Gasteiger partial charge in [0.2, 0.25) is 0 Å². The van der Waals surface area contributed by atoms with Crippen molar-refractivity contribution >= 4 is 28.6 Å². The fourth-order valence-electron chi connectivity index (χ4n) is 1.55. The number of ether oxygens (including phenoxy) is 1. The number of hydrogen-bond acceptors (Lipinski definition) is 2. The van der Waals surface area contributed by atoms with E-state index < -0.39 is 5.60 Å². The molecule has 0 unspecified atom stereocenters. The van der Waals surface area contributed by atoms with E-state index in [4.69, 9.17) is 4.74 Å². The van der Waals surface area contributed by atoms with E-state index in [9.17, 15) is 4.79 Å². The highest BCUT2D eigenvalue weighted by atomic mass is 127. The number of benzene rings is 1. The van der Waals surface area contributed by atoms with Crippen molar-refractivity contribution in [2.75, 3.05) is 0 Å². The molecule has 2 nitrogen and oxygen atoms in total. The third-order valence-electron chi connectivity index (χ3n) is 2.20. The standard InChI is InChI=1S/C10H9IO2/c1-10(2)8-4-3-6(11)5-7(8)9(12)13-10/h3-5H,1-2H3. The molecule has 0 atom stereocenters. The summed E-state index contributed by atoms with van der Waals surface area (Å²) in [5.41, 5.74) is 1.23. The predicted octanol–water partition coefficient (Wildman–Crippen LogP) is 2.70. The van der Waals surface area contributed by atoms with Crippen LogP contribution in [0.25, 0.3) is 0 Å². The average Bonchev–Trinajstić information content (AvgIpc) is 2.22. The minimum atomic E-state index is -0.462. The lowest BCUT2D eigenvalue weighted by Gasteiger charge is -2.17. The van der Waals surface area contributed by atoms with Gasteiger partial charge in [0.05, 0.1) is 5.56 Å². The molecular weight excluding hydrogens is 279 g/mol. The third-order valence-corrected chi connectivity index (χ3v) is 2.87. The molecule has 1 heterocycles. The van der Waals surface area contributed by atoms with E-state index in [1.807, 2.05) is 32.0 Å². The summed E-state index contributed by atoms with van der Waals surface area (Å²) in [4.78, 5) is 11.4. The quantitative estimate of drug-likeness (QED) is 0.542. The first-order valence-corrected chi connectivity index (χ1v) is 5.12. The third kappa shape index (κ3) is 1.35. The summed E-state index contributed by atoms with van der Waals surface area (Å²) in [5.74, 6) is -0.210. The normalized spacial score (nSPS) is 18.2. The van der Waals surface area contributed by atoms with Crippen molar-refractivity contribution in [1.29, 1.82) is 0 Å². The smallest absolute Gasteiger partial charge is 0.339 e. The number of rotatable bonds is 0. The van der Waals surface area contributed by atoms with Crippen LogP contribution in [0.3, 0.4) is 0 Å². The monoisotopic (exact) mass is 288 g/mol. The van der Waals surface area contributed by atoms with E-state index in [1.54, 1.807) is 0 Å². The van der Waals surface area contributed by atoms with Crippen molar-refractivity contribution < 1.29 is 9.53 Å². The van der Waals surface area contributed by atoms with E-state index in [2.05, 4.69) is 22.6 Å². The van der Waals surface area contributed by atoms with Crippen LogP contribution in [0.15, 0.2) is 18.2 Å².